The van der Waals surface area contributed by atoms with Gasteiger partial charge in [0.05, 0.1) is 17.8 Å². The lowest BCUT2D eigenvalue weighted by Gasteiger charge is -2.04. The van der Waals surface area contributed by atoms with Crippen LogP contribution in [0.5, 0.6) is 0 Å². The summed E-state index contributed by atoms with van der Waals surface area (Å²) < 4.78 is 5.40. The molecule has 3 aromatic rings. The van der Waals surface area contributed by atoms with Crippen molar-refractivity contribution >= 4 is 11.9 Å². The fourth-order valence-corrected chi connectivity index (χ4v) is 2.17. The third-order valence-corrected chi connectivity index (χ3v) is 3.37. The first-order chi connectivity index (χ1) is 11.6. The Bertz CT molecular complexity index is 871. The number of carboxylic acids is 1. The lowest BCUT2D eigenvalue weighted by molar-refractivity contribution is 0.0697. The number of nitrogens with zero attached hydrogens (tertiary/aromatic N) is 1. The molecule has 24 heavy (non-hydrogen) atoms. The maximum Gasteiger partial charge on any atom is 0.335 e. The van der Waals surface area contributed by atoms with E-state index in [-0.39, 0.29) is 23.6 Å². The van der Waals surface area contributed by atoms with Gasteiger partial charge in [-0.05, 0) is 30.3 Å². The molecule has 6 heteroatoms. The molecule has 2 N–H and O–H groups in total. The highest BCUT2D eigenvalue weighted by molar-refractivity contribution is 5.97. The van der Waals surface area contributed by atoms with Gasteiger partial charge >= 0.3 is 5.97 Å². The SMILES string of the molecule is O=C(O)c1cccc(C(=O)NCc2coc(-c3ccccc3)n2)c1. The molecular weight excluding hydrogens is 308 g/mol. The summed E-state index contributed by atoms with van der Waals surface area (Å²) in [7, 11) is 0. The second kappa shape index (κ2) is 6.78. The first kappa shape index (κ1) is 15.5. The summed E-state index contributed by atoms with van der Waals surface area (Å²) in [4.78, 5) is 27.4. The van der Waals surface area contributed by atoms with Crippen LogP contribution in [0.2, 0.25) is 0 Å². The van der Waals surface area contributed by atoms with Crippen molar-refractivity contribution in [3.05, 3.63) is 77.7 Å². The van der Waals surface area contributed by atoms with Crippen molar-refractivity contribution in [3.63, 3.8) is 0 Å². The quantitative estimate of drug-likeness (QED) is 0.753. The first-order valence-corrected chi connectivity index (χ1v) is 7.25. The molecule has 3 rings (SSSR count). The van der Waals surface area contributed by atoms with Crippen LogP contribution in [0, 0.1) is 0 Å². The van der Waals surface area contributed by atoms with Crippen molar-refractivity contribution in [1.82, 2.24) is 10.3 Å². The minimum atomic E-state index is -1.08. The summed E-state index contributed by atoms with van der Waals surface area (Å²) in [6.07, 6.45) is 1.48. The van der Waals surface area contributed by atoms with Crippen LogP contribution in [-0.4, -0.2) is 22.0 Å². The summed E-state index contributed by atoms with van der Waals surface area (Å²) >= 11 is 0. The Morgan fingerprint density at radius 3 is 2.54 bits per heavy atom. The molecule has 1 aromatic heterocycles. The van der Waals surface area contributed by atoms with Gasteiger partial charge in [-0.15, -0.1) is 0 Å². The van der Waals surface area contributed by atoms with Crippen molar-refractivity contribution in [3.8, 4) is 11.5 Å². The van der Waals surface area contributed by atoms with Crippen molar-refractivity contribution < 1.29 is 19.1 Å². The van der Waals surface area contributed by atoms with E-state index in [1.165, 1.54) is 24.5 Å². The van der Waals surface area contributed by atoms with E-state index < -0.39 is 5.97 Å². The molecule has 2 aromatic carbocycles. The standard InChI is InChI=1S/C18H14N2O4/c21-16(13-7-4-8-14(9-13)18(22)23)19-10-15-11-24-17(20-15)12-5-2-1-3-6-12/h1-9,11H,10H2,(H,19,21)(H,22,23). The van der Waals surface area contributed by atoms with Gasteiger partial charge in [-0.25, -0.2) is 9.78 Å². The van der Waals surface area contributed by atoms with Gasteiger partial charge in [-0.2, -0.15) is 0 Å². The van der Waals surface area contributed by atoms with Crippen LogP contribution < -0.4 is 5.32 Å². The van der Waals surface area contributed by atoms with Gasteiger partial charge in [-0.3, -0.25) is 4.79 Å². The number of nitrogens with one attached hydrogen (secondary N) is 1. The predicted molar refractivity (Wildman–Crippen MR) is 86.5 cm³/mol. The van der Waals surface area contributed by atoms with E-state index in [2.05, 4.69) is 10.3 Å². The number of rotatable bonds is 5. The summed E-state index contributed by atoms with van der Waals surface area (Å²) in [6.45, 7) is 0.187. The molecular formula is C18H14N2O4. The van der Waals surface area contributed by atoms with E-state index in [9.17, 15) is 9.59 Å². The molecule has 0 fully saturated rings. The average molecular weight is 322 g/mol. The Hall–Kier alpha value is -3.41. The van der Waals surface area contributed by atoms with Crippen LogP contribution in [0.3, 0.4) is 0 Å². The van der Waals surface area contributed by atoms with E-state index in [4.69, 9.17) is 9.52 Å². The summed E-state index contributed by atoms with van der Waals surface area (Å²) in [5, 5.41) is 11.6. The van der Waals surface area contributed by atoms with E-state index >= 15 is 0 Å². The number of benzene rings is 2. The second-order valence-corrected chi connectivity index (χ2v) is 5.08. The van der Waals surface area contributed by atoms with Crippen LogP contribution in [0.25, 0.3) is 11.5 Å². The number of aromatic nitrogens is 1. The topological polar surface area (TPSA) is 92.4 Å². The normalized spacial score (nSPS) is 10.3. The lowest BCUT2D eigenvalue weighted by Crippen LogP contribution is -2.23. The molecule has 0 saturated carbocycles. The molecule has 0 radical (unpaired) electrons. The Morgan fingerprint density at radius 2 is 1.79 bits per heavy atom. The molecule has 0 spiro atoms. The molecule has 0 bridgehead atoms. The maximum absolute atomic E-state index is 12.1. The first-order valence-electron chi connectivity index (χ1n) is 7.25. The molecule has 120 valence electrons. The highest BCUT2D eigenvalue weighted by atomic mass is 16.4. The number of oxazole rings is 1. The van der Waals surface area contributed by atoms with E-state index in [0.717, 1.165) is 5.56 Å². The molecule has 0 atom stereocenters. The number of hydrogen-bond acceptors (Lipinski definition) is 4. The summed E-state index contributed by atoms with van der Waals surface area (Å²) in [5.41, 5.74) is 1.78. The zero-order chi connectivity index (χ0) is 16.9. The van der Waals surface area contributed by atoms with Crippen LogP contribution in [0.15, 0.2) is 65.3 Å². The van der Waals surface area contributed by atoms with Gasteiger partial charge < -0.3 is 14.8 Å². The number of carbonyl (C=O) groups is 2. The van der Waals surface area contributed by atoms with E-state index in [1.807, 2.05) is 30.3 Å². The Labute approximate surface area is 137 Å². The fourth-order valence-electron chi connectivity index (χ4n) is 2.17. The zero-order valence-electron chi connectivity index (χ0n) is 12.6. The summed E-state index contributed by atoms with van der Waals surface area (Å²) in [5.74, 6) is -0.969. The Morgan fingerprint density at radius 1 is 1.04 bits per heavy atom. The molecule has 0 saturated heterocycles. The molecule has 0 aliphatic heterocycles. The molecule has 6 nitrogen and oxygen atoms in total. The van der Waals surface area contributed by atoms with Crippen molar-refractivity contribution in [2.45, 2.75) is 6.54 Å². The highest BCUT2D eigenvalue weighted by Gasteiger charge is 2.11. The molecule has 1 amide bonds. The van der Waals surface area contributed by atoms with Crippen molar-refractivity contribution in [2.75, 3.05) is 0 Å². The van der Waals surface area contributed by atoms with Gasteiger partial charge in [0.2, 0.25) is 5.89 Å². The largest absolute Gasteiger partial charge is 0.478 e. The number of aromatic carboxylic acids is 1. The zero-order valence-corrected chi connectivity index (χ0v) is 12.6. The predicted octanol–water partition coefficient (Wildman–Crippen LogP) is 2.97. The third-order valence-electron chi connectivity index (χ3n) is 3.37. The minimum Gasteiger partial charge on any atom is -0.478 e. The maximum atomic E-state index is 12.1. The van der Waals surface area contributed by atoms with Gasteiger partial charge in [-0.1, -0.05) is 24.3 Å². The van der Waals surface area contributed by atoms with Crippen LogP contribution in [0.1, 0.15) is 26.4 Å². The van der Waals surface area contributed by atoms with Crippen LogP contribution in [0.4, 0.5) is 0 Å². The number of carbonyl (C=O) groups excluding carboxylic acids is 1. The van der Waals surface area contributed by atoms with Crippen LogP contribution >= 0.6 is 0 Å². The molecule has 1 heterocycles. The van der Waals surface area contributed by atoms with Crippen LogP contribution in [-0.2, 0) is 6.54 Å². The number of hydrogen-bond donors (Lipinski definition) is 2. The van der Waals surface area contributed by atoms with E-state index in [1.54, 1.807) is 6.07 Å². The van der Waals surface area contributed by atoms with Crippen molar-refractivity contribution in [2.24, 2.45) is 0 Å². The minimum absolute atomic E-state index is 0.0652. The Balaban J connectivity index is 1.66. The third kappa shape index (κ3) is 3.49. The molecule has 0 aliphatic rings. The number of carboxylic acid groups (broad SMARTS) is 1. The second-order valence-electron chi connectivity index (χ2n) is 5.08. The Kier molecular flexibility index (Phi) is 4.38. The monoisotopic (exact) mass is 322 g/mol. The fraction of sp³-hybridized carbons (Fsp3) is 0.0556. The highest BCUT2D eigenvalue weighted by Crippen LogP contribution is 2.17. The average Bonchev–Trinajstić information content (AvgIpc) is 3.09. The summed E-state index contributed by atoms with van der Waals surface area (Å²) in [6, 6.07) is 15.3. The van der Waals surface area contributed by atoms with Gasteiger partial charge in [0.25, 0.3) is 5.91 Å². The lowest BCUT2D eigenvalue weighted by atomic mass is 10.1. The molecule has 0 unspecified atom stereocenters. The van der Waals surface area contributed by atoms with Crippen molar-refractivity contribution in [1.29, 1.82) is 0 Å². The van der Waals surface area contributed by atoms with Gasteiger partial charge in [0, 0.05) is 11.1 Å². The number of amides is 1. The van der Waals surface area contributed by atoms with E-state index in [0.29, 0.717) is 11.6 Å². The smallest absolute Gasteiger partial charge is 0.335 e. The molecule has 0 aliphatic carbocycles. The van der Waals surface area contributed by atoms with Gasteiger partial charge in [0.1, 0.15) is 6.26 Å². The van der Waals surface area contributed by atoms with Gasteiger partial charge in [0.15, 0.2) is 0 Å².